The molecular weight excluding hydrogens is 354 g/mol. The molecule has 0 saturated carbocycles. The van der Waals surface area contributed by atoms with Gasteiger partial charge in [0.15, 0.2) is 0 Å². The summed E-state index contributed by atoms with van der Waals surface area (Å²) in [7, 11) is -0.314. The van der Waals surface area contributed by atoms with E-state index in [1.165, 1.54) is 18.4 Å². The summed E-state index contributed by atoms with van der Waals surface area (Å²) in [5, 5.41) is 4.00. The van der Waals surface area contributed by atoms with Gasteiger partial charge in [-0.2, -0.15) is 0 Å². The molecule has 1 aliphatic heterocycles. The Balaban J connectivity index is 1.68. The largest absolute Gasteiger partial charge is 0.379 e. The van der Waals surface area contributed by atoms with E-state index in [0.29, 0.717) is 13.2 Å². The molecule has 2 N–H and O–H groups in total. The van der Waals surface area contributed by atoms with E-state index in [-0.39, 0.29) is 30.0 Å². The topological polar surface area (TPSA) is 91.5 Å². The van der Waals surface area contributed by atoms with Gasteiger partial charge in [-0.15, -0.1) is 0 Å². The lowest BCUT2D eigenvalue weighted by Gasteiger charge is -2.21. The van der Waals surface area contributed by atoms with E-state index in [0.717, 1.165) is 22.2 Å². The summed E-state index contributed by atoms with van der Waals surface area (Å²) in [6.07, 6.45) is 0.250. The summed E-state index contributed by atoms with van der Waals surface area (Å²) in [4.78, 5) is 15.9. The monoisotopic (exact) mass is 379 g/mol. The van der Waals surface area contributed by atoms with Crippen LogP contribution >= 0.6 is 0 Å². The molecule has 0 spiro atoms. The Morgan fingerprint density at radius 1 is 1.31 bits per heavy atom. The Hall–Kier alpha value is -1.90. The van der Waals surface area contributed by atoms with Crippen LogP contribution in [0.5, 0.6) is 0 Å². The second-order valence-electron chi connectivity index (χ2n) is 6.98. The Morgan fingerprint density at radius 3 is 2.77 bits per heavy atom. The van der Waals surface area contributed by atoms with Crippen molar-refractivity contribution in [2.75, 3.05) is 33.1 Å². The lowest BCUT2D eigenvalue weighted by atomic mass is 10.0. The standard InChI is InChI=1S/C18H25N3O4S/c1-12-15(14-6-4-5-7-16(14)19-12)8-18(22)20-17-10-25-9-13(17)11-26(23,24)21(2)3/h4-7,13,17,19H,8-11H2,1-3H3,(H,20,22)/t13-,17-/m0/s1. The Labute approximate surface area is 153 Å². The molecule has 1 aromatic carbocycles. The van der Waals surface area contributed by atoms with Crippen LogP contribution in [0, 0.1) is 12.8 Å². The van der Waals surface area contributed by atoms with Crippen molar-refractivity contribution in [1.29, 1.82) is 0 Å². The smallest absolute Gasteiger partial charge is 0.224 e. The first-order valence-electron chi connectivity index (χ1n) is 8.61. The summed E-state index contributed by atoms with van der Waals surface area (Å²) in [6.45, 7) is 2.63. The summed E-state index contributed by atoms with van der Waals surface area (Å²) >= 11 is 0. The fourth-order valence-corrected chi connectivity index (χ4v) is 4.49. The van der Waals surface area contributed by atoms with E-state index in [2.05, 4.69) is 10.3 Å². The maximum absolute atomic E-state index is 12.6. The number of nitrogens with zero attached hydrogens (tertiary/aromatic N) is 1. The zero-order valence-corrected chi connectivity index (χ0v) is 16.1. The minimum atomic E-state index is -3.34. The highest BCUT2D eigenvalue weighted by Crippen LogP contribution is 2.23. The molecule has 8 heteroatoms. The molecule has 142 valence electrons. The highest BCUT2D eigenvalue weighted by Gasteiger charge is 2.34. The number of carbonyl (C=O) groups is 1. The number of aromatic amines is 1. The Kier molecular flexibility index (Phi) is 5.36. The summed E-state index contributed by atoms with van der Waals surface area (Å²) in [5.41, 5.74) is 2.94. The molecule has 0 unspecified atom stereocenters. The molecule has 0 aliphatic carbocycles. The number of fused-ring (bicyclic) bond motifs is 1. The molecule has 1 saturated heterocycles. The molecule has 1 fully saturated rings. The highest BCUT2D eigenvalue weighted by atomic mass is 32.2. The van der Waals surface area contributed by atoms with Crippen molar-refractivity contribution in [1.82, 2.24) is 14.6 Å². The van der Waals surface area contributed by atoms with Crippen LogP contribution in [0.1, 0.15) is 11.3 Å². The van der Waals surface area contributed by atoms with Gasteiger partial charge in [0.05, 0.1) is 31.4 Å². The van der Waals surface area contributed by atoms with E-state index in [9.17, 15) is 13.2 Å². The first kappa shape index (κ1) is 18.9. The molecular formula is C18H25N3O4S. The van der Waals surface area contributed by atoms with Gasteiger partial charge in [0, 0.05) is 36.6 Å². The number of carbonyl (C=O) groups excluding carboxylic acids is 1. The second kappa shape index (κ2) is 7.38. The van der Waals surface area contributed by atoms with E-state index in [4.69, 9.17) is 4.74 Å². The van der Waals surface area contributed by atoms with Crippen molar-refractivity contribution < 1.29 is 17.9 Å². The van der Waals surface area contributed by atoms with Gasteiger partial charge >= 0.3 is 0 Å². The molecule has 3 rings (SSSR count). The fraction of sp³-hybridized carbons (Fsp3) is 0.500. The number of sulfonamides is 1. The summed E-state index contributed by atoms with van der Waals surface area (Å²) in [6, 6.07) is 7.59. The lowest BCUT2D eigenvalue weighted by Crippen LogP contribution is -2.44. The van der Waals surface area contributed by atoms with Gasteiger partial charge in [-0.05, 0) is 18.6 Å². The third-order valence-corrected chi connectivity index (χ3v) is 6.85. The fourth-order valence-electron chi connectivity index (χ4n) is 3.32. The number of para-hydroxylation sites is 1. The normalized spacial score (nSPS) is 20.8. The number of rotatable bonds is 6. The van der Waals surface area contributed by atoms with Crippen LogP contribution in [0.2, 0.25) is 0 Å². The van der Waals surface area contributed by atoms with Crippen molar-refractivity contribution >= 4 is 26.8 Å². The quantitative estimate of drug-likeness (QED) is 0.785. The van der Waals surface area contributed by atoms with Crippen molar-refractivity contribution in [3.05, 3.63) is 35.5 Å². The predicted molar refractivity (Wildman–Crippen MR) is 100 cm³/mol. The Morgan fingerprint density at radius 2 is 2.04 bits per heavy atom. The third-order valence-electron chi connectivity index (χ3n) is 4.89. The number of hydrogen-bond acceptors (Lipinski definition) is 4. The third kappa shape index (κ3) is 3.92. The molecule has 0 bridgehead atoms. The van der Waals surface area contributed by atoms with Crippen LogP contribution in [-0.2, 0) is 26.0 Å². The average Bonchev–Trinajstić information content (AvgIpc) is 3.12. The number of H-pyrrole nitrogens is 1. The van der Waals surface area contributed by atoms with Gasteiger partial charge in [0.1, 0.15) is 0 Å². The van der Waals surface area contributed by atoms with Crippen LogP contribution in [0.3, 0.4) is 0 Å². The molecule has 0 radical (unpaired) electrons. The number of benzene rings is 1. The first-order valence-corrected chi connectivity index (χ1v) is 10.2. The van der Waals surface area contributed by atoms with E-state index < -0.39 is 10.0 Å². The average molecular weight is 379 g/mol. The molecule has 2 aromatic rings. The van der Waals surface area contributed by atoms with Gasteiger partial charge < -0.3 is 15.0 Å². The van der Waals surface area contributed by atoms with Gasteiger partial charge in [-0.1, -0.05) is 18.2 Å². The maximum Gasteiger partial charge on any atom is 0.224 e. The van der Waals surface area contributed by atoms with Crippen molar-refractivity contribution in [2.24, 2.45) is 5.92 Å². The van der Waals surface area contributed by atoms with E-state index >= 15 is 0 Å². The van der Waals surface area contributed by atoms with E-state index in [1.54, 1.807) is 0 Å². The number of hydrogen-bond donors (Lipinski definition) is 2. The van der Waals surface area contributed by atoms with Crippen LogP contribution in [-0.4, -0.2) is 62.7 Å². The number of aromatic nitrogens is 1. The van der Waals surface area contributed by atoms with Crippen LogP contribution in [0.4, 0.5) is 0 Å². The molecule has 1 amide bonds. The van der Waals surface area contributed by atoms with Gasteiger partial charge in [0.2, 0.25) is 15.9 Å². The van der Waals surface area contributed by atoms with E-state index in [1.807, 2.05) is 31.2 Å². The van der Waals surface area contributed by atoms with Crippen LogP contribution in [0.25, 0.3) is 10.9 Å². The maximum atomic E-state index is 12.6. The number of aryl methyl sites for hydroxylation is 1. The van der Waals surface area contributed by atoms with Gasteiger partial charge in [0.25, 0.3) is 0 Å². The number of amides is 1. The van der Waals surface area contributed by atoms with Crippen LogP contribution in [0.15, 0.2) is 24.3 Å². The first-order chi connectivity index (χ1) is 12.3. The minimum absolute atomic E-state index is 0.0307. The number of ether oxygens (including phenoxy) is 1. The zero-order chi connectivity index (χ0) is 18.9. The second-order valence-corrected chi connectivity index (χ2v) is 9.21. The summed E-state index contributed by atoms with van der Waals surface area (Å²) < 4.78 is 30.9. The van der Waals surface area contributed by atoms with Crippen LogP contribution < -0.4 is 5.32 Å². The zero-order valence-electron chi connectivity index (χ0n) is 15.3. The minimum Gasteiger partial charge on any atom is -0.379 e. The molecule has 7 nitrogen and oxygen atoms in total. The van der Waals surface area contributed by atoms with Gasteiger partial charge in [-0.25, -0.2) is 12.7 Å². The lowest BCUT2D eigenvalue weighted by molar-refractivity contribution is -0.121. The molecule has 2 atom stereocenters. The Bertz CT molecular complexity index is 904. The molecule has 1 aromatic heterocycles. The predicted octanol–water partition coefficient (Wildman–Crippen LogP) is 1.04. The molecule has 2 heterocycles. The summed E-state index contributed by atoms with van der Waals surface area (Å²) in [5.74, 6) is -0.395. The van der Waals surface area contributed by atoms with Crippen molar-refractivity contribution in [3.63, 3.8) is 0 Å². The molecule has 1 aliphatic rings. The number of nitrogens with one attached hydrogen (secondary N) is 2. The molecule has 26 heavy (non-hydrogen) atoms. The SMILES string of the molecule is Cc1[nH]c2ccccc2c1CC(=O)N[C@H]1COC[C@H]1CS(=O)(=O)N(C)C. The highest BCUT2D eigenvalue weighted by molar-refractivity contribution is 7.89. The van der Waals surface area contributed by atoms with Crippen molar-refractivity contribution in [3.8, 4) is 0 Å². The van der Waals surface area contributed by atoms with Gasteiger partial charge in [-0.3, -0.25) is 4.79 Å². The van der Waals surface area contributed by atoms with Crippen molar-refractivity contribution in [2.45, 2.75) is 19.4 Å².